The largest absolute Gasteiger partial charge is 0.416 e. The summed E-state index contributed by atoms with van der Waals surface area (Å²) in [6, 6.07) is 9.63. The third kappa shape index (κ3) is 5.86. The number of carbonyl (C=O) groups excluding carboxylic acids is 2. The molecule has 2 N–H and O–H groups in total. The van der Waals surface area contributed by atoms with Gasteiger partial charge >= 0.3 is 6.18 Å². The van der Waals surface area contributed by atoms with Crippen LogP contribution in [-0.4, -0.2) is 11.8 Å². The Morgan fingerprint density at radius 3 is 2.33 bits per heavy atom. The van der Waals surface area contributed by atoms with Crippen LogP contribution in [-0.2, 0) is 17.4 Å². The number of hydrogen-bond donors (Lipinski definition) is 2. The van der Waals surface area contributed by atoms with E-state index >= 15 is 0 Å². The van der Waals surface area contributed by atoms with Crippen LogP contribution in [0.3, 0.4) is 0 Å². The second kappa shape index (κ2) is 8.73. The molecule has 0 spiro atoms. The van der Waals surface area contributed by atoms with Crippen LogP contribution in [0.2, 0.25) is 5.02 Å². The molecule has 0 aliphatic heterocycles. The average molecular weight is 397 g/mol. The predicted octanol–water partition coefficient (Wildman–Crippen LogP) is 4.40. The lowest BCUT2D eigenvalue weighted by Gasteiger charge is -2.08. The fourth-order valence-electron chi connectivity index (χ4n) is 2.14. The van der Waals surface area contributed by atoms with Gasteiger partial charge in [-0.15, -0.1) is 0 Å². The van der Waals surface area contributed by atoms with Crippen molar-refractivity contribution >= 4 is 29.5 Å². The van der Waals surface area contributed by atoms with Crippen LogP contribution < -0.4 is 10.9 Å². The molecule has 0 bridgehead atoms. The summed E-state index contributed by atoms with van der Waals surface area (Å²) in [4.78, 5) is 23.7. The first-order valence-corrected chi connectivity index (χ1v) is 8.32. The molecule has 8 heteroatoms. The predicted molar refractivity (Wildman–Crippen MR) is 96.9 cm³/mol. The molecule has 0 aliphatic carbocycles. The van der Waals surface area contributed by atoms with Crippen LogP contribution in [0.4, 0.5) is 13.2 Å². The normalized spacial score (nSPS) is 11.4. The van der Waals surface area contributed by atoms with Crippen LogP contribution in [0.15, 0.2) is 48.5 Å². The standard InChI is InChI=1S/C19H16ClF3N2O2/c1-2-12-3-5-13(6-4-12)18(27)25-24-17(26)10-7-14-11-15(19(21,22)23)8-9-16(14)20/h3-11H,2H2,1H3,(H,24,26)(H,25,27)/b10-7+. The smallest absolute Gasteiger partial charge is 0.268 e. The van der Waals surface area contributed by atoms with E-state index in [1.165, 1.54) is 0 Å². The van der Waals surface area contributed by atoms with Gasteiger partial charge in [-0.25, -0.2) is 0 Å². The summed E-state index contributed by atoms with van der Waals surface area (Å²) in [6.45, 7) is 1.98. The highest BCUT2D eigenvalue weighted by atomic mass is 35.5. The molecule has 0 atom stereocenters. The molecular formula is C19H16ClF3N2O2. The van der Waals surface area contributed by atoms with E-state index in [2.05, 4.69) is 10.9 Å². The lowest BCUT2D eigenvalue weighted by Crippen LogP contribution is -2.40. The maximum atomic E-state index is 12.7. The Hall–Kier alpha value is -2.80. The second-order valence-electron chi connectivity index (χ2n) is 5.56. The number of rotatable bonds is 4. The van der Waals surface area contributed by atoms with E-state index < -0.39 is 23.6 Å². The van der Waals surface area contributed by atoms with Crippen molar-refractivity contribution < 1.29 is 22.8 Å². The summed E-state index contributed by atoms with van der Waals surface area (Å²) in [6.07, 6.45) is -1.57. The highest BCUT2D eigenvalue weighted by Crippen LogP contribution is 2.32. The molecule has 27 heavy (non-hydrogen) atoms. The monoisotopic (exact) mass is 396 g/mol. The van der Waals surface area contributed by atoms with Crippen LogP contribution in [0, 0.1) is 0 Å². The van der Waals surface area contributed by atoms with Crippen molar-refractivity contribution in [3.63, 3.8) is 0 Å². The van der Waals surface area contributed by atoms with E-state index in [0.717, 1.165) is 42.3 Å². The zero-order valence-corrected chi connectivity index (χ0v) is 15.0. The Bertz CT molecular complexity index is 862. The van der Waals surface area contributed by atoms with E-state index in [4.69, 9.17) is 11.6 Å². The minimum atomic E-state index is -4.52. The highest BCUT2D eigenvalue weighted by molar-refractivity contribution is 6.32. The van der Waals surface area contributed by atoms with Crippen LogP contribution >= 0.6 is 11.6 Å². The average Bonchev–Trinajstić information content (AvgIpc) is 2.64. The van der Waals surface area contributed by atoms with Crippen molar-refractivity contribution in [1.29, 1.82) is 0 Å². The molecular weight excluding hydrogens is 381 g/mol. The van der Waals surface area contributed by atoms with Crippen LogP contribution in [0.25, 0.3) is 6.08 Å². The number of benzene rings is 2. The molecule has 0 saturated carbocycles. The topological polar surface area (TPSA) is 58.2 Å². The Balaban J connectivity index is 1.98. The van der Waals surface area contributed by atoms with Gasteiger partial charge in [0.2, 0.25) is 0 Å². The van der Waals surface area contributed by atoms with Gasteiger partial charge in [0.1, 0.15) is 0 Å². The van der Waals surface area contributed by atoms with Crippen molar-refractivity contribution in [3.8, 4) is 0 Å². The molecule has 0 radical (unpaired) electrons. The van der Waals surface area contributed by atoms with Crippen LogP contribution in [0.1, 0.15) is 34.0 Å². The second-order valence-corrected chi connectivity index (χ2v) is 5.97. The summed E-state index contributed by atoms with van der Waals surface area (Å²) in [7, 11) is 0. The van der Waals surface area contributed by atoms with Gasteiger partial charge < -0.3 is 0 Å². The fourth-order valence-corrected chi connectivity index (χ4v) is 2.32. The number of amides is 2. The van der Waals surface area contributed by atoms with Gasteiger partial charge in [0.15, 0.2) is 0 Å². The van der Waals surface area contributed by atoms with Crippen LogP contribution in [0.5, 0.6) is 0 Å². The van der Waals surface area contributed by atoms with Gasteiger partial charge in [0.25, 0.3) is 11.8 Å². The highest BCUT2D eigenvalue weighted by Gasteiger charge is 2.30. The molecule has 0 unspecified atom stereocenters. The van der Waals surface area contributed by atoms with E-state index in [1.54, 1.807) is 24.3 Å². The number of aryl methyl sites for hydroxylation is 1. The first kappa shape index (κ1) is 20.5. The first-order valence-electron chi connectivity index (χ1n) is 7.94. The van der Waals surface area contributed by atoms with Crippen molar-refractivity contribution in [3.05, 3.63) is 75.8 Å². The number of halogens is 4. The third-order valence-corrected chi connectivity index (χ3v) is 4.01. The van der Waals surface area contributed by atoms with Crippen molar-refractivity contribution in [1.82, 2.24) is 10.9 Å². The van der Waals surface area contributed by atoms with Gasteiger partial charge in [-0.1, -0.05) is 30.7 Å². The fraction of sp³-hybridized carbons (Fsp3) is 0.158. The van der Waals surface area contributed by atoms with Crippen molar-refractivity contribution in [2.24, 2.45) is 0 Å². The number of nitrogens with one attached hydrogen (secondary N) is 2. The summed E-state index contributed by atoms with van der Waals surface area (Å²) >= 11 is 5.84. The van der Waals surface area contributed by atoms with E-state index in [-0.39, 0.29) is 10.6 Å². The molecule has 0 heterocycles. The van der Waals surface area contributed by atoms with Gasteiger partial charge in [-0.3, -0.25) is 20.4 Å². The summed E-state index contributed by atoms with van der Waals surface area (Å²) < 4.78 is 38.2. The van der Waals surface area contributed by atoms with Gasteiger partial charge in [-0.05, 0) is 54.0 Å². The number of carbonyl (C=O) groups is 2. The third-order valence-electron chi connectivity index (χ3n) is 3.66. The van der Waals surface area contributed by atoms with Gasteiger partial charge in [0.05, 0.1) is 5.56 Å². The molecule has 0 aliphatic rings. The molecule has 142 valence electrons. The first-order chi connectivity index (χ1) is 12.7. The Morgan fingerprint density at radius 2 is 1.74 bits per heavy atom. The molecule has 4 nitrogen and oxygen atoms in total. The summed E-state index contributed by atoms with van der Waals surface area (Å²) in [5, 5.41) is 0.0621. The van der Waals surface area contributed by atoms with Crippen molar-refractivity contribution in [2.75, 3.05) is 0 Å². The SMILES string of the molecule is CCc1ccc(C(=O)NNC(=O)/C=C/c2cc(C(F)(F)F)ccc2Cl)cc1. The van der Waals surface area contributed by atoms with Crippen molar-refractivity contribution in [2.45, 2.75) is 19.5 Å². The molecule has 2 aromatic rings. The minimum absolute atomic E-state index is 0.0307. The minimum Gasteiger partial charge on any atom is -0.268 e. The molecule has 0 saturated heterocycles. The lowest BCUT2D eigenvalue weighted by molar-refractivity contribution is -0.137. The number of hydrogen-bond acceptors (Lipinski definition) is 2. The molecule has 0 aromatic heterocycles. The molecule has 0 fully saturated rings. The quantitative estimate of drug-likeness (QED) is 0.594. The zero-order valence-electron chi connectivity index (χ0n) is 14.2. The Labute approximate surface area is 159 Å². The lowest BCUT2D eigenvalue weighted by atomic mass is 10.1. The summed E-state index contributed by atoms with van der Waals surface area (Å²) in [5.74, 6) is -1.24. The number of hydrazine groups is 1. The van der Waals surface area contributed by atoms with Gasteiger partial charge in [0, 0.05) is 16.7 Å². The summed E-state index contributed by atoms with van der Waals surface area (Å²) in [5.41, 5.74) is 4.95. The molecule has 2 aromatic carbocycles. The zero-order chi connectivity index (χ0) is 20.0. The maximum Gasteiger partial charge on any atom is 0.416 e. The van der Waals surface area contributed by atoms with E-state index in [9.17, 15) is 22.8 Å². The molecule has 2 rings (SSSR count). The van der Waals surface area contributed by atoms with Gasteiger partial charge in [-0.2, -0.15) is 13.2 Å². The Morgan fingerprint density at radius 1 is 1.07 bits per heavy atom. The maximum absolute atomic E-state index is 12.7. The molecule has 2 amide bonds. The van der Waals surface area contributed by atoms with E-state index in [0.29, 0.717) is 5.56 Å². The van der Waals surface area contributed by atoms with E-state index in [1.807, 2.05) is 6.92 Å². The number of alkyl halides is 3. The Kier molecular flexibility index (Phi) is 6.63.